The molecule has 1 N–H and O–H groups in total. The largest absolute Gasteiger partial charge is 0.497 e. The molecule has 44 heavy (non-hydrogen) atoms. The Balaban J connectivity index is 1.27. The molecule has 226 valence electrons. The Kier molecular flexibility index (Phi) is 8.64. The van der Waals surface area contributed by atoms with Gasteiger partial charge in [-0.2, -0.15) is 4.31 Å². The molecule has 11 heteroatoms. The van der Waals surface area contributed by atoms with E-state index < -0.39 is 10.0 Å². The number of rotatable bonds is 11. The maximum absolute atomic E-state index is 13.7. The van der Waals surface area contributed by atoms with Gasteiger partial charge in [-0.1, -0.05) is 47.5 Å². The summed E-state index contributed by atoms with van der Waals surface area (Å²) >= 11 is 12.3. The number of benzene rings is 4. The van der Waals surface area contributed by atoms with Gasteiger partial charge in [0.25, 0.3) is 0 Å². The van der Waals surface area contributed by atoms with Crippen LogP contribution in [0.15, 0.2) is 90.1 Å². The minimum absolute atomic E-state index is 0.0634. The first-order valence-electron chi connectivity index (χ1n) is 14.0. The van der Waals surface area contributed by atoms with Gasteiger partial charge in [-0.05, 0) is 78.1 Å². The minimum atomic E-state index is -3.83. The second kappa shape index (κ2) is 12.6. The van der Waals surface area contributed by atoms with Crippen molar-refractivity contribution in [1.82, 2.24) is 14.3 Å². The minimum Gasteiger partial charge on any atom is -0.497 e. The highest BCUT2D eigenvalue weighted by Crippen LogP contribution is 2.37. The van der Waals surface area contributed by atoms with Crippen molar-refractivity contribution in [3.63, 3.8) is 0 Å². The van der Waals surface area contributed by atoms with Gasteiger partial charge in [0.2, 0.25) is 10.0 Å². The lowest BCUT2D eigenvalue weighted by atomic mass is 10.0. The Bertz CT molecular complexity index is 1950. The Morgan fingerprint density at radius 3 is 2.48 bits per heavy atom. The second-order valence-electron chi connectivity index (χ2n) is 10.5. The highest BCUT2D eigenvalue weighted by atomic mass is 35.5. The number of nitrogens with one attached hydrogen (secondary N) is 1. The second-order valence-corrected chi connectivity index (χ2v) is 13.2. The summed E-state index contributed by atoms with van der Waals surface area (Å²) in [7, 11) is -0.581. The molecule has 0 unspecified atom stereocenters. The van der Waals surface area contributed by atoms with E-state index in [0.29, 0.717) is 23.1 Å². The van der Waals surface area contributed by atoms with E-state index in [-0.39, 0.29) is 22.5 Å². The summed E-state index contributed by atoms with van der Waals surface area (Å²) in [4.78, 5) is 9.04. The highest BCUT2D eigenvalue weighted by Gasteiger charge is 2.39. The third-order valence-corrected chi connectivity index (χ3v) is 10.2. The number of ether oxygens (including phenoxy) is 2. The van der Waals surface area contributed by atoms with Crippen LogP contribution in [0.1, 0.15) is 24.0 Å². The van der Waals surface area contributed by atoms with E-state index in [9.17, 15) is 8.42 Å². The van der Waals surface area contributed by atoms with Crippen LogP contribution in [-0.2, 0) is 23.1 Å². The summed E-state index contributed by atoms with van der Waals surface area (Å²) in [5.41, 5.74) is 4.54. The van der Waals surface area contributed by atoms with Crippen LogP contribution in [-0.4, -0.2) is 43.0 Å². The predicted molar refractivity (Wildman–Crippen MR) is 174 cm³/mol. The van der Waals surface area contributed by atoms with E-state index in [0.717, 1.165) is 51.7 Å². The zero-order valence-corrected chi connectivity index (χ0v) is 26.5. The van der Waals surface area contributed by atoms with Gasteiger partial charge in [0.05, 0.1) is 24.8 Å². The number of aromatic nitrogens is 2. The van der Waals surface area contributed by atoms with Crippen molar-refractivity contribution in [1.29, 1.82) is 0 Å². The van der Waals surface area contributed by atoms with Gasteiger partial charge in [0.1, 0.15) is 28.5 Å². The molecule has 1 aromatic heterocycles. The van der Waals surface area contributed by atoms with Crippen LogP contribution >= 0.6 is 23.2 Å². The number of hydrogen-bond donors (Lipinski definition) is 1. The van der Waals surface area contributed by atoms with Gasteiger partial charge < -0.3 is 14.8 Å². The molecule has 1 fully saturated rings. The third kappa shape index (κ3) is 6.32. The number of halogens is 2. The first kappa shape index (κ1) is 30.1. The predicted octanol–water partition coefficient (Wildman–Crippen LogP) is 7.59. The first-order valence-corrected chi connectivity index (χ1v) is 16.2. The van der Waals surface area contributed by atoms with Crippen molar-refractivity contribution in [2.75, 3.05) is 19.5 Å². The fourth-order valence-electron chi connectivity index (χ4n) is 5.17. The molecule has 0 atom stereocenters. The lowest BCUT2D eigenvalue weighted by Crippen LogP contribution is -2.32. The Morgan fingerprint density at radius 1 is 0.909 bits per heavy atom. The van der Waals surface area contributed by atoms with Crippen molar-refractivity contribution in [3.05, 3.63) is 106 Å². The molecule has 4 aromatic carbocycles. The van der Waals surface area contributed by atoms with Crippen LogP contribution < -0.4 is 14.8 Å². The van der Waals surface area contributed by atoms with E-state index in [1.807, 2.05) is 60.7 Å². The number of hydrogen-bond acceptors (Lipinski definition) is 7. The van der Waals surface area contributed by atoms with Gasteiger partial charge in [-0.15, -0.1) is 0 Å². The van der Waals surface area contributed by atoms with Crippen LogP contribution in [0.5, 0.6) is 11.5 Å². The van der Waals surface area contributed by atoms with Crippen LogP contribution in [0.2, 0.25) is 10.0 Å². The smallest absolute Gasteiger partial charge is 0.245 e. The van der Waals surface area contributed by atoms with Crippen LogP contribution in [0.4, 0.5) is 5.82 Å². The average Bonchev–Trinajstić information content (AvgIpc) is 3.87. The zero-order chi connectivity index (χ0) is 30.8. The fourth-order valence-corrected chi connectivity index (χ4v) is 7.59. The Hall–Kier alpha value is -3.89. The summed E-state index contributed by atoms with van der Waals surface area (Å²) in [6, 6.07) is 24.0. The maximum atomic E-state index is 13.7. The normalized spacial score (nSPS) is 13.3. The van der Waals surface area contributed by atoms with E-state index in [1.54, 1.807) is 24.6 Å². The number of sulfonamides is 1. The number of methoxy groups -OCH3 is 2. The quantitative estimate of drug-likeness (QED) is 0.158. The third-order valence-electron chi connectivity index (χ3n) is 7.61. The number of anilines is 1. The lowest BCUT2D eigenvalue weighted by Gasteiger charge is -2.23. The van der Waals surface area contributed by atoms with Crippen molar-refractivity contribution in [3.8, 4) is 22.6 Å². The molecule has 0 spiro atoms. The topological polar surface area (TPSA) is 93.6 Å². The van der Waals surface area contributed by atoms with Gasteiger partial charge in [-0.3, -0.25) is 0 Å². The SMILES string of the molecule is COc1ccc(CNc2ncnc3ccc(-c4cccc(CN(C5CC5)S(=O)(=O)c5ccc(Cl)cc5Cl)c4)cc23)c(OC)c1. The fraction of sp³-hybridized carbons (Fsp3) is 0.212. The summed E-state index contributed by atoms with van der Waals surface area (Å²) in [5, 5.41) is 4.79. The molecule has 1 aliphatic rings. The molecule has 0 aliphatic heterocycles. The van der Waals surface area contributed by atoms with Crippen molar-refractivity contribution in [2.24, 2.45) is 0 Å². The maximum Gasteiger partial charge on any atom is 0.245 e. The van der Waals surface area contributed by atoms with Gasteiger partial charge in [0.15, 0.2) is 0 Å². The Labute approximate surface area is 266 Å². The molecule has 6 rings (SSSR count). The standard InChI is InChI=1S/C33H30Cl2N4O4S/c1-42-27-11-6-24(31(17-27)43-2)18-36-33-28-15-23(7-12-30(28)37-20-38-33)22-5-3-4-21(14-22)19-39(26-9-10-26)44(40,41)32-13-8-25(34)16-29(32)35/h3-8,11-17,20,26H,9-10,18-19H2,1-2H3,(H,36,37,38). The zero-order valence-electron chi connectivity index (χ0n) is 24.1. The van der Waals surface area contributed by atoms with Crippen molar-refractivity contribution in [2.45, 2.75) is 36.9 Å². The molecule has 0 radical (unpaired) electrons. The monoisotopic (exact) mass is 648 g/mol. The van der Waals surface area contributed by atoms with Gasteiger partial charge in [-0.25, -0.2) is 18.4 Å². The van der Waals surface area contributed by atoms with E-state index in [4.69, 9.17) is 32.7 Å². The molecular weight excluding hydrogens is 619 g/mol. The molecule has 8 nitrogen and oxygen atoms in total. The molecule has 0 saturated heterocycles. The average molecular weight is 650 g/mol. The molecule has 1 aliphatic carbocycles. The molecule has 0 bridgehead atoms. The van der Waals surface area contributed by atoms with Crippen molar-refractivity contribution < 1.29 is 17.9 Å². The summed E-state index contributed by atoms with van der Waals surface area (Å²) in [6.07, 6.45) is 3.16. The molecular formula is C33H30Cl2N4O4S. The molecule has 5 aromatic rings. The van der Waals surface area contributed by atoms with Crippen molar-refractivity contribution >= 4 is 49.9 Å². The van der Waals surface area contributed by atoms with E-state index in [1.165, 1.54) is 18.5 Å². The summed E-state index contributed by atoms with van der Waals surface area (Å²) < 4.78 is 39.8. The van der Waals surface area contributed by atoms with E-state index >= 15 is 0 Å². The number of nitrogens with zero attached hydrogens (tertiary/aromatic N) is 3. The Morgan fingerprint density at radius 2 is 1.73 bits per heavy atom. The van der Waals surface area contributed by atoms with Gasteiger partial charge in [0, 0.05) is 41.2 Å². The molecule has 1 saturated carbocycles. The molecule has 0 amide bonds. The molecule has 1 heterocycles. The highest BCUT2D eigenvalue weighted by molar-refractivity contribution is 7.89. The summed E-state index contributed by atoms with van der Waals surface area (Å²) in [6.45, 7) is 0.717. The number of fused-ring (bicyclic) bond motifs is 1. The summed E-state index contributed by atoms with van der Waals surface area (Å²) in [5.74, 6) is 2.13. The van der Waals surface area contributed by atoms with E-state index in [2.05, 4.69) is 15.3 Å². The van der Waals surface area contributed by atoms with Crippen LogP contribution in [0.3, 0.4) is 0 Å². The van der Waals surface area contributed by atoms with Gasteiger partial charge >= 0.3 is 0 Å². The van der Waals surface area contributed by atoms with Crippen LogP contribution in [0.25, 0.3) is 22.0 Å². The first-order chi connectivity index (χ1) is 21.3. The lowest BCUT2D eigenvalue weighted by molar-refractivity contribution is 0.391. The van der Waals surface area contributed by atoms with Crippen LogP contribution in [0, 0.1) is 0 Å².